The number of hydrogen-bond donors (Lipinski definition) is 2. The monoisotopic (exact) mass is 358 g/mol. The zero-order valence-electron chi connectivity index (χ0n) is 15.8. The number of carbonyl (C=O) groups is 2. The minimum Gasteiger partial charge on any atom is -0.381 e. The highest BCUT2D eigenvalue weighted by atomic mass is 16.5. The molecule has 25 heavy (non-hydrogen) atoms. The van der Waals surface area contributed by atoms with Gasteiger partial charge in [-0.2, -0.15) is 0 Å². The molecule has 148 valence electrons. The number of unbranched alkanes of at least 4 members (excludes halogenated alkanes) is 10. The normalized spacial score (nSPS) is 10.7. The quantitative estimate of drug-likeness (QED) is 0.244. The number of nitrogens with two attached hydrogens (primary N) is 1. The van der Waals surface area contributed by atoms with Crippen molar-refractivity contribution in [3.63, 3.8) is 0 Å². The van der Waals surface area contributed by atoms with Gasteiger partial charge in [-0.25, -0.2) is 0 Å². The fraction of sp³-hybridized carbons (Fsp3) is 0.895. The Bertz CT molecular complexity index is 301. The first-order chi connectivity index (χ1) is 12.3. The highest BCUT2D eigenvalue weighted by Crippen LogP contribution is 2.08. The van der Waals surface area contributed by atoms with E-state index in [1.807, 2.05) is 0 Å². The lowest BCUT2D eigenvalue weighted by Crippen LogP contribution is -2.18. The van der Waals surface area contributed by atoms with Crippen LogP contribution >= 0.6 is 0 Å². The van der Waals surface area contributed by atoms with E-state index in [9.17, 15) is 9.59 Å². The van der Waals surface area contributed by atoms with Crippen LogP contribution in [0, 0.1) is 0 Å². The van der Waals surface area contributed by atoms with Crippen LogP contribution in [0.1, 0.15) is 77.0 Å². The summed E-state index contributed by atoms with van der Waals surface area (Å²) in [5, 5.41) is 2.68. The number of nitrogens with one attached hydrogen (secondary N) is 1. The molecule has 0 rings (SSSR count). The van der Waals surface area contributed by atoms with Gasteiger partial charge in [-0.05, 0) is 25.7 Å². The third-order valence-electron chi connectivity index (χ3n) is 4.01. The third-order valence-corrected chi connectivity index (χ3v) is 4.01. The van der Waals surface area contributed by atoms with Crippen LogP contribution in [0.15, 0.2) is 0 Å². The first kappa shape index (κ1) is 23.9. The van der Waals surface area contributed by atoms with Gasteiger partial charge in [0.15, 0.2) is 0 Å². The lowest BCUT2D eigenvalue weighted by atomic mass is 10.1. The van der Waals surface area contributed by atoms with E-state index in [4.69, 9.17) is 15.2 Å². The molecule has 0 aromatic rings. The second-order valence-electron chi connectivity index (χ2n) is 6.45. The van der Waals surface area contributed by atoms with E-state index in [2.05, 4.69) is 5.32 Å². The Morgan fingerprint density at radius 1 is 0.720 bits per heavy atom. The first-order valence-corrected chi connectivity index (χ1v) is 9.88. The molecule has 0 fully saturated rings. The molecule has 0 aromatic carbocycles. The third kappa shape index (κ3) is 22.9. The smallest absolute Gasteiger partial charge is 0.243 e. The maximum Gasteiger partial charge on any atom is 0.243 e. The standard InChI is InChI=1S/C19H38N2O4/c20-19(23)17-25-16-12-7-3-1-2-6-10-14-24-15-11-8-4-5-9-13-21-18-22/h18H,1-17H2,(H2,20,23)(H,21,22). The van der Waals surface area contributed by atoms with Crippen LogP contribution in [-0.2, 0) is 19.1 Å². The predicted octanol–water partition coefficient (Wildman–Crippen LogP) is 2.93. The summed E-state index contributed by atoms with van der Waals surface area (Å²) in [6.45, 7) is 3.22. The number of hydrogen-bond acceptors (Lipinski definition) is 4. The molecule has 0 bridgehead atoms. The summed E-state index contributed by atoms with van der Waals surface area (Å²) in [6, 6.07) is 0. The molecule has 6 heteroatoms. The maximum atomic E-state index is 10.5. The summed E-state index contributed by atoms with van der Waals surface area (Å²) in [5.41, 5.74) is 4.99. The van der Waals surface area contributed by atoms with Gasteiger partial charge in [-0.1, -0.05) is 51.4 Å². The van der Waals surface area contributed by atoms with Gasteiger partial charge in [-0.3, -0.25) is 9.59 Å². The molecule has 0 saturated heterocycles. The Balaban J connectivity index is 2.98. The minimum absolute atomic E-state index is 0.0406. The van der Waals surface area contributed by atoms with Gasteiger partial charge in [-0.15, -0.1) is 0 Å². The van der Waals surface area contributed by atoms with Crippen LogP contribution < -0.4 is 11.1 Å². The number of rotatable bonds is 21. The van der Waals surface area contributed by atoms with Gasteiger partial charge < -0.3 is 20.5 Å². The fourth-order valence-corrected chi connectivity index (χ4v) is 2.59. The number of primary amides is 1. The van der Waals surface area contributed by atoms with Crippen molar-refractivity contribution in [2.24, 2.45) is 5.73 Å². The zero-order chi connectivity index (χ0) is 18.4. The largest absolute Gasteiger partial charge is 0.381 e. The average Bonchev–Trinajstić information content (AvgIpc) is 2.60. The van der Waals surface area contributed by atoms with E-state index >= 15 is 0 Å². The van der Waals surface area contributed by atoms with Gasteiger partial charge in [0.05, 0.1) is 0 Å². The molecule has 0 atom stereocenters. The molecule has 0 aliphatic rings. The molecule has 0 aliphatic heterocycles. The summed E-state index contributed by atoms with van der Waals surface area (Å²) < 4.78 is 10.8. The summed E-state index contributed by atoms with van der Waals surface area (Å²) in [6.07, 6.45) is 14.9. The molecule has 0 aliphatic carbocycles. The van der Waals surface area contributed by atoms with E-state index in [-0.39, 0.29) is 6.61 Å². The summed E-state index contributed by atoms with van der Waals surface area (Å²) in [5.74, 6) is -0.397. The molecule has 0 heterocycles. The molecule has 0 unspecified atom stereocenters. The summed E-state index contributed by atoms with van der Waals surface area (Å²) >= 11 is 0. The summed E-state index contributed by atoms with van der Waals surface area (Å²) in [7, 11) is 0. The zero-order valence-corrected chi connectivity index (χ0v) is 15.8. The molecule has 0 spiro atoms. The Morgan fingerprint density at radius 3 is 1.64 bits per heavy atom. The fourth-order valence-electron chi connectivity index (χ4n) is 2.59. The van der Waals surface area contributed by atoms with Gasteiger partial charge in [0.1, 0.15) is 6.61 Å². The van der Waals surface area contributed by atoms with Gasteiger partial charge >= 0.3 is 0 Å². The van der Waals surface area contributed by atoms with Crippen LogP contribution in [0.25, 0.3) is 0 Å². The second kappa shape index (κ2) is 20.9. The lowest BCUT2D eigenvalue weighted by molar-refractivity contribution is -0.122. The molecule has 0 radical (unpaired) electrons. The van der Waals surface area contributed by atoms with Crippen molar-refractivity contribution < 1.29 is 19.1 Å². The van der Waals surface area contributed by atoms with Gasteiger partial charge in [0.25, 0.3) is 0 Å². The van der Waals surface area contributed by atoms with Crippen molar-refractivity contribution in [3.05, 3.63) is 0 Å². The van der Waals surface area contributed by atoms with Crippen molar-refractivity contribution in [2.75, 3.05) is 33.0 Å². The highest BCUT2D eigenvalue weighted by molar-refractivity contribution is 5.74. The van der Waals surface area contributed by atoms with Crippen molar-refractivity contribution >= 4 is 12.3 Å². The SMILES string of the molecule is NC(=O)COCCCCCCCCCOCCCCCCCNC=O. The van der Waals surface area contributed by atoms with E-state index in [0.717, 1.165) is 58.3 Å². The Kier molecular flexibility index (Phi) is 20.0. The van der Waals surface area contributed by atoms with Crippen molar-refractivity contribution in [1.82, 2.24) is 5.32 Å². The predicted molar refractivity (Wildman–Crippen MR) is 100 cm³/mol. The van der Waals surface area contributed by atoms with E-state index < -0.39 is 5.91 Å². The van der Waals surface area contributed by atoms with E-state index in [0.29, 0.717) is 6.61 Å². The Morgan fingerprint density at radius 2 is 1.16 bits per heavy atom. The molecule has 3 N–H and O–H groups in total. The molecule has 0 saturated carbocycles. The average molecular weight is 359 g/mol. The van der Waals surface area contributed by atoms with Crippen LogP contribution in [0.2, 0.25) is 0 Å². The first-order valence-electron chi connectivity index (χ1n) is 9.88. The van der Waals surface area contributed by atoms with E-state index in [1.165, 1.54) is 44.9 Å². The molecular formula is C19H38N2O4. The van der Waals surface area contributed by atoms with Crippen LogP contribution in [0.4, 0.5) is 0 Å². The Hall–Kier alpha value is -1.14. The molecule has 2 amide bonds. The van der Waals surface area contributed by atoms with Gasteiger partial charge in [0.2, 0.25) is 12.3 Å². The molecular weight excluding hydrogens is 320 g/mol. The van der Waals surface area contributed by atoms with Crippen molar-refractivity contribution in [1.29, 1.82) is 0 Å². The van der Waals surface area contributed by atoms with Crippen LogP contribution in [-0.4, -0.2) is 45.3 Å². The maximum absolute atomic E-state index is 10.5. The molecule has 6 nitrogen and oxygen atoms in total. The second-order valence-corrected chi connectivity index (χ2v) is 6.45. The Labute approximate surface area is 153 Å². The topological polar surface area (TPSA) is 90.7 Å². The van der Waals surface area contributed by atoms with Crippen LogP contribution in [0.5, 0.6) is 0 Å². The van der Waals surface area contributed by atoms with Crippen molar-refractivity contribution in [3.8, 4) is 0 Å². The number of ether oxygens (including phenoxy) is 2. The van der Waals surface area contributed by atoms with Gasteiger partial charge in [0, 0.05) is 26.4 Å². The van der Waals surface area contributed by atoms with Crippen molar-refractivity contribution in [2.45, 2.75) is 77.0 Å². The number of amides is 2. The van der Waals surface area contributed by atoms with Crippen LogP contribution in [0.3, 0.4) is 0 Å². The summed E-state index contributed by atoms with van der Waals surface area (Å²) in [4.78, 5) is 20.5. The molecule has 0 aromatic heterocycles. The highest BCUT2D eigenvalue weighted by Gasteiger charge is 1.96. The van der Waals surface area contributed by atoms with E-state index in [1.54, 1.807) is 0 Å². The minimum atomic E-state index is -0.397. The number of carbonyl (C=O) groups excluding carboxylic acids is 2. The lowest BCUT2D eigenvalue weighted by Gasteiger charge is -2.05.